The van der Waals surface area contributed by atoms with Crippen LogP contribution in [0.2, 0.25) is 0 Å². The molecule has 7 atom stereocenters. The Morgan fingerprint density at radius 3 is 2.49 bits per heavy atom. The van der Waals surface area contributed by atoms with Gasteiger partial charge < -0.3 is 24.4 Å². The molecule has 2 N–H and O–H groups in total. The molecular formula is C30H33AcN3O6S. The second kappa shape index (κ2) is 10.5. The Morgan fingerprint density at radius 2 is 1.76 bits per heavy atom. The van der Waals surface area contributed by atoms with Crippen molar-refractivity contribution in [2.75, 3.05) is 26.2 Å². The molecule has 5 aliphatic heterocycles. The van der Waals surface area contributed by atoms with Crippen molar-refractivity contribution in [1.29, 1.82) is 5.26 Å². The summed E-state index contributed by atoms with van der Waals surface area (Å²) in [5, 5.41) is 33.8. The number of fused-ring (bicyclic) bond motifs is 9. The third-order valence-electron chi connectivity index (χ3n) is 9.81. The van der Waals surface area contributed by atoms with Gasteiger partial charge in [0, 0.05) is 84.2 Å². The molecule has 11 heteroatoms. The monoisotopic (exact) mass is 790 g/mol. The largest absolute Gasteiger partial charge is 0.507 e. The molecule has 2 fully saturated rings. The summed E-state index contributed by atoms with van der Waals surface area (Å²) in [6.07, 6.45) is 0.615. The first-order valence-electron chi connectivity index (χ1n) is 13.8. The van der Waals surface area contributed by atoms with Crippen molar-refractivity contribution in [3.63, 3.8) is 0 Å². The van der Waals surface area contributed by atoms with Crippen molar-refractivity contribution in [3.8, 4) is 29.1 Å². The van der Waals surface area contributed by atoms with E-state index in [0.717, 1.165) is 33.4 Å². The van der Waals surface area contributed by atoms with Gasteiger partial charge in [0.15, 0.2) is 11.5 Å². The van der Waals surface area contributed by atoms with Crippen molar-refractivity contribution in [2.24, 2.45) is 5.92 Å². The summed E-state index contributed by atoms with van der Waals surface area (Å²) in [7, 11) is 2.04. The fraction of sp³-hybridized carbons (Fsp3) is 0.533. The van der Waals surface area contributed by atoms with Gasteiger partial charge in [0.25, 0.3) is 0 Å². The number of likely N-dealkylation sites (N-methyl/N-ethyl adjacent to an activating group) is 1. The molecule has 2 aromatic carbocycles. The zero-order chi connectivity index (χ0) is 28.2. The summed E-state index contributed by atoms with van der Waals surface area (Å²) in [4.78, 5) is 17.4. The van der Waals surface area contributed by atoms with Gasteiger partial charge in [0.2, 0.25) is 6.79 Å². The Hall–Kier alpha value is -1.69. The van der Waals surface area contributed by atoms with E-state index in [4.69, 9.17) is 14.2 Å². The van der Waals surface area contributed by atoms with Crippen molar-refractivity contribution in [2.45, 2.75) is 69.6 Å². The van der Waals surface area contributed by atoms with Crippen molar-refractivity contribution in [3.05, 3.63) is 45.0 Å². The van der Waals surface area contributed by atoms with Gasteiger partial charge in [-0.25, -0.2) is 0 Å². The number of carbonyl (C=O) groups is 1. The molecule has 1 unspecified atom stereocenters. The van der Waals surface area contributed by atoms with E-state index in [2.05, 4.69) is 21.9 Å². The maximum absolute atomic E-state index is 12.9. The number of nitriles is 1. The number of ether oxygens (including phenoxy) is 3. The first-order chi connectivity index (χ1) is 19.1. The van der Waals surface area contributed by atoms with E-state index < -0.39 is 12.1 Å². The molecule has 5 aliphatic rings. The van der Waals surface area contributed by atoms with Crippen molar-refractivity contribution < 1.29 is 73.3 Å². The molecule has 41 heavy (non-hydrogen) atoms. The third kappa shape index (κ3) is 4.00. The van der Waals surface area contributed by atoms with Crippen LogP contribution >= 0.6 is 11.8 Å². The zero-order valence-corrected chi connectivity index (χ0v) is 29.4. The standard InChI is InChI=1S/C30H33N3O6S.Ac/c1-12-6-16-7-17-18(8-31)33-19-9-37-30(36)13(2)10-40-29(24(33)23(32(17)5)20(16)25(34)14(12)3)22-21(19)28-27(38-11-39-28)15(4)26(22)35;/h6,13,17-19,23-24,29,34-35H,7,9-11H2,1-5H3;/t13-,17-,18-,19+,23+,24?,29+;/m0./s1. The zero-order valence-electron chi connectivity index (χ0n) is 23.8. The van der Waals surface area contributed by atoms with Gasteiger partial charge in [-0.3, -0.25) is 14.6 Å². The number of phenols is 2. The van der Waals surface area contributed by atoms with Gasteiger partial charge in [-0.1, -0.05) is 13.0 Å². The smallest absolute Gasteiger partial charge is 0.309 e. The van der Waals surface area contributed by atoms with Crippen LogP contribution in [0, 0.1) is 82.1 Å². The number of piperazine rings is 1. The molecule has 0 amide bonds. The second-order valence-electron chi connectivity index (χ2n) is 11.8. The van der Waals surface area contributed by atoms with Gasteiger partial charge >= 0.3 is 5.97 Å². The maximum Gasteiger partial charge on any atom is 0.309 e. The van der Waals surface area contributed by atoms with Gasteiger partial charge in [-0.05, 0) is 50.9 Å². The van der Waals surface area contributed by atoms with Crippen molar-refractivity contribution in [1.82, 2.24) is 9.80 Å². The molecule has 0 aromatic heterocycles. The maximum atomic E-state index is 12.9. The molecule has 4 bridgehead atoms. The van der Waals surface area contributed by atoms with Crippen LogP contribution in [0.15, 0.2) is 6.07 Å². The molecule has 5 heterocycles. The van der Waals surface area contributed by atoms with Crippen LogP contribution in [0.5, 0.6) is 23.0 Å². The summed E-state index contributed by atoms with van der Waals surface area (Å²) in [5.41, 5.74) is 5.93. The number of hydrogen-bond donors (Lipinski definition) is 2. The summed E-state index contributed by atoms with van der Waals surface area (Å²) < 4.78 is 17.7. The first-order valence-corrected chi connectivity index (χ1v) is 14.8. The fourth-order valence-corrected chi connectivity index (χ4v) is 9.19. The number of aryl methyl sites for hydroxylation is 1. The van der Waals surface area contributed by atoms with Gasteiger partial charge in [-0.15, -0.1) is 0 Å². The number of hydrogen-bond acceptors (Lipinski definition) is 10. The van der Waals surface area contributed by atoms with Crippen LogP contribution < -0.4 is 9.47 Å². The normalized spacial score (nSPS) is 31.7. The average Bonchev–Trinajstić information content (AvgIpc) is 3.42. The second-order valence-corrected chi connectivity index (χ2v) is 13.0. The Labute approximate surface area is 279 Å². The predicted octanol–water partition coefficient (Wildman–Crippen LogP) is 3.95. The number of rotatable bonds is 0. The Kier molecular flexibility index (Phi) is 7.52. The van der Waals surface area contributed by atoms with Crippen LogP contribution in [-0.4, -0.2) is 70.3 Å². The Balaban J connectivity index is 0.00000302. The number of aromatic hydroxyl groups is 2. The van der Waals surface area contributed by atoms with E-state index in [9.17, 15) is 20.3 Å². The number of benzene rings is 2. The van der Waals surface area contributed by atoms with E-state index in [1.165, 1.54) is 0 Å². The molecule has 2 saturated heterocycles. The molecule has 213 valence electrons. The predicted molar refractivity (Wildman–Crippen MR) is 148 cm³/mol. The molecule has 0 spiro atoms. The van der Waals surface area contributed by atoms with E-state index in [1.807, 2.05) is 34.7 Å². The number of thioether (sulfide) groups is 1. The molecular weight excluding hydrogens is 757 g/mol. The molecule has 1 radical (unpaired) electrons. The molecule has 9 nitrogen and oxygen atoms in total. The molecule has 7 rings (SSSR count). The summed E-state index contributed by atoms with van der Waals surface area (Å²) in [5.74, 6) is 1.37. The number of carbonyl (C=O) groups excluding carboxylic acids is 1. The van der Waals surface area contributed by atoms with Crippen LogP contribution in [0.3, 0.4) is 0 Å². The number of nitrogens with zero attached hydrogens (tertiary/aromatic N) is 3. The van der Waals surface area contributed by atoms with E-state index in [0.29, 0.717) is 35.0 Å². The minimum atomic E-state index is -0.536. The van der Waals surface area contributed by atoms with Crippen LogP contribution in [0.25, 0.3) is 0 Å². The van der Waals surface area contributed by atoms with Crippen LogP contribution in [0.4, 0.5) is 0 Å². The Morgan fingerprint density at radius 1 is 1.05 bits per heavy atom. The van der Waals surface area contributed by atoms with Gasteiger partial charge in [0.05, 0.1) is 29.3 Å². The molecule has 0 saturated carbocycles. The average molecular weight is 791 g/mol. The van der Waals surface area contributed by atoms with Crippen LogP contribution in [0.1, 0.15) is 63.2 Å². The van der Waals surface area contributed by atoms with Gasteiger partial charge in [-0.2, -0.15) is 17.0 Å². The van der Waals surface area contributed by atoms with E-state index in [1.54, 1.807) is 11.8 Å². The fourth-order valence-electron chi connectivity index (χ4n) is 7.66. The SMILES string of the molecule is Cc1cc2c(c(O)c1C)[C@@H]1C3[C@@H]4SC[C@H](C)C(=O)OC[C@H](c5c6c(c(C)c(O)c54)OCO6)N3[C@@H](C#N)[C@H](C2)N1C.[Ac]. The number of esters is 1. The number of cyclic esters (lactones) is 1. The summed E-state index contributed by atoms with van der Waals surface area (Å²) in [6, 6.07) is 3.02. The Bertz CT molecular complexity index is 1510. The number of phenolic OH excluding ortho intramolecular Hbond substituents is 2. The third-order valence-corrected chi connectivity index (χ3v) is 11.4. The quantitative estimate of drug-likeness (QED) is 0.381. The van der Waals surface area contributed by atoms with Gasteiger partial charge in [0.1, 0.15) is 24.1 Å². The minimum absolute atomic E-state index is 0. The van der Waals surface area contributed by atoms with E-state index >= 15 is 0 Å². The minimum Gasteiger partial charge on any atom is -0.507 e. The molecule has 2 aromatic rings. The van der Waals surface area contributed by atoms with Crippen molar-refractivity contribution >= 4 is 17.7 Å². The first kappa shape index (κ1) is 29.4. The topological polar surface area (TPSA) is 115 Å². The summed E-state index contributed by atoms with van der Waals surface area (Å²) in [6.45, 7) is 7.70. The molecule has 0 aliphatic carbocycles. The summed E-state index contributed by atoms with van der Waals surface area (Å²) >= 11 is 1.60. The van der Waals surface area contributed by atoms with E-state index in [-0.39, 0.29) is 98.5 Å². The van der Waals surface area contributed by atoms with Crippen LogP contribution in [-0.2, 0) is 16.0 Å².